The molecule has 3 nitrogen and oxygen atoms in total. The van der Waals surface area contributed by atoms with Crippen molar-refractivity contribution in [2.45, 2.75) is 18.9 Å². The van der Waals surface area contributed by atoms with Crippen LogP contribution in [0.25, 0.3) is 0 Å². The molecule has 3 N–H and O–H groups in total. The summed E-state index contributed by atoms with van der Waals surface area (Å²) in [5, 5.41) is 8.55. The van der Waals surface area contributed by atoms with Crippen molar-refractivity contribution >= 4 is 17.7 Å². The SMILES string of the molecule is NC(CSCC1=CCCC=C1)C(=O)O. The zero-order chi connectivity index (χ0) is 10.4. The maximum absolute atomic E-state index is 10.4. The average molecular weight is 213 g/mol. The van der Waals surface area contributed by atoms with Crippen molar-refractivity contribution in [2.24, 2.45) is 5.73 Å². The minimum absolute atomic E-state index is 0.473. The molecule has 0 radical (unpaired) electrons. The summed E-state index contributed by atoms with van der Waals surface area (Å²) in [6.45, 7) is 0. The molecule has 1 rings (SSSR count). The second-order valence-corrected chi connectivity index (χ2v) is 4.25. The Balaban J connectivity index is 2.18. The van der Waals surface area contributed by atoms with E-state index in [0.29, 0.717) is 5.75 Å². The van der Waals surface area contributed by atoms with Crippen LogP contribution in [-0.2, 0) is 4.79 Å². The van der Waals surface area contributed by atoms with E-state index in [1.54, 1.807) is 11.8 Å². The highest BCUT2D eigenvalue weighted by Gasteiger charge is 2.10. The van der Waals surface area contributed by atoms with Gasteiger partial charge in [0.1, 0.15) is 6.04 Å². The third-order valence-corrected chi connectivity index (χ3v) is 3.09. The van der Waals surface area contributed by atoms with Crippen LogP contribution >= 0.6 is 11.8 Å². The maximum Gasteiger partial charge on any atom is 0.321 e. The van der Waals surface area contributed by atoms with Gasteiger partial charge in [0.2, 0.25) is 0 Å². The van der Waals surface area contributed by atoms with E-state index in [1.807, 2.05) is 0 Å². The summed E-state index contributed by atoms with van der Waals surface area (Å²) in [6.07, 6.45) is 8.65. The fourth-order valence-electron chi connectivity index (χ4n) is 1.15. The molecule has 0 saturated carbocycles. The second kappa shape index (κ2) is 5.88. The molecule has 1 atom stereocenters. The minimum atomic E-state index is -0.925. The van der Waals surface area contributed by atoms with E-state index < -0.39 is 12.0 Å². The van der Waals surface area contributed by atoms with E-state index >= 15 is 0 Å². The van der Waals surface area contributed by atoms with Gasteiger partial charge in [-0.15, -0.1) is 0 Å². The zero-order valence-corrected chi connectivity index (χ0v) is 8.80. The zero-order valence-electron chi connectivity index (χ0n) is 7.98. The molecule has 1 aliphatic carbocycles. The third kappa shape index (κ3) is 3.98. The van der Waals surface area contributed by atoms with Crippen LogP contribution in [0.15, 0.2) is 23.8 Å². The number of thioether (sulfide) groups is 1. The summed E-state index contributed by atoms with van der Waals surface area (Å²) in [5.74, 6) is 0.406. The van der Waals surface area contributed by atoms with Crippen molar-refractivity contribution in [1.29, 1.82) is 0 Å². The first-order chi connectivity index (χ1) is 6.70. The lowest BCUT2D eigenvalue weighted by atomic mass is 10.1. The Bertz CT molecular complexity index is 261. The fraction of sp³-hybridized carbons (Fsp3) is 0.500. The van der Waals surface area contributed by atoms with E-state index in [1.165, 1.54) is 5.57 Å². The third-order valence-electron chi connectivity index (χ3n) is 1.96. The minimum Gasteiger partial charge on any atom is -0.480 e. The molecular formula is C10H15NO2S. The molecule has 0 bridgehead atoms. The number of rotatable bonds is 5. The molecule has 4 heteroatoms. The summed E-state index contributed by atoms with van der Waals surface area (Å²) in [6, 6.07) is -0.742. The first-order valence-corrected chi connectivity index (χ1v) is 5.77. The van der Waals surface area contributed by atoms with Crippen LogP contribution in [0.5, 0.6) is 0 Å². The molecule has 0 aliphatic heterocycles. The number of carbonyl (C=O) groups is 1. The van der Waals surface area contributed by atoms with Gasteiger partial charge in [0, 0.05) is 11.5 Å². The van der Waals surface area contributed by atoms with Gasteiger partial charge in [-0.2, -0.15) is 11.8 Å². The summed E-state index contributed by atoms with van der Waals surface area (Å²) in [4.78, 5) is 10.4. The molecule has 0 aromatic carbocycles. The van der Waals surface area contributed by atoms with E-state index in [-0.39, 0.29) is 0 Å². The lowest BCUT2D eigenvalue weighted by Gasteiger charge is -2.08. The van der Waals surface area contributed by atoms with Crippen LogP contribution in [0.1, 0.15) is 12.8 Å². The number of aliphatic carboxylic acids is 1. The molecular weight excluding hydrogens is 198 g/mol. The highest BCUT2D eigenvalue weighted by molar-refractivity contribution is 7.99. The highest BCUT2D eigenvalue weighted by atomic mass is 32.2. The summed E-state index contributed by atoms with van der Waals surface area (Å²) >= 11 is 1.57. The van der Waals surface area contributed by atoms with Crippen molar-refractivity contribution < 1.29 is 9.90 Å². The molecule has 0 fully saturated rings. The predicted molar refractivity (Wildman–Crippen MR) is 59.4 cm³/mol. The molecule has 14 heavy (non-hydrogen) atoms. The van der Waals surface area contributed by atoms with Gasteiger partial charge in [0.25, 0.3) is 0 Å². The molecule has 0 amide bonds. The van der Waals surface area contributed by atoms with Crippen LogP contribution in [0.3, 0.4) is 0 Å². The molecule has 0 aromatic rings. The quantitative estimate of drug-likeness (QED) is 0.724. The highest BCUT2D eigenvalue weighted by Crippen LogP contribution is 2.15. The number of hydrogen-bond donors (Lipinski definition) is 2. The fourth-order valence-corrected chi connectivity index (χ4v) is 2.11. The van der Waals surface area contributed by atoms with Crippen molar-refractivity contribution in [2.75, 3.05) is 11.5 Å². The van der Waals surface area contributed by atoms with E-state index in [2.05, 4.69) is 18.2 Å². The van der Waals surface area contributed by atoms with Crippen LogP contribution in [0, 0.1) is 0 Å². The molecule has 0 heterocycles. The van der Waals surface area contributed by atoms with Gasteiger partial charge in [0.15, 0.2) is 0 Å². The molecule has 78 valence electrons. The summed E-state index contributed by atoms with van der Waals surface area (Å²) in [7, 11) is 0. The van der Waals surface area contributed by atoms with Crippen LogP contribution in [0.2, 0.25) is 0 Å². The number of carboxylic acids is 1. The van der Waals surface area contributed by atoms with Gasteiger partial charge in [-0.1, -0.05) is 18.2 Å². The van der Waals surface area contributed by atoms with Gasteiger partial charge in [-0.25, -0.2) is 0 Å². The lowest BCUT2D eigenvalue weighted by molar-refractivity contribution is -0.137. The monoisotopic (exact) mass is 213 g/mol. The lowest BCUT2D eigenvalue weighted by Crippen LogP contribution is -2.32. The summed E-state index contributed by atoms with van der Waals surface area (Å²) < 4.78 is 0. The molecule has 0 spiro atoms. The van der Waals surface area contributed by atoms with E-state index in [9.17, 15) is 4.79 Å². The topological polar surface area (TPSA) is 63.3 Å². The number of carboxylic acid groups (broad SMARTS) is 1. The van der Waals surface area contributed by atoms with Gasteiger partial charge < -0.3 is 10.8 Å². The Morgan fingerprint density at radius 2 is 2.43 bits per heavy atom. The van der Waals surface area contributed by atoms with Crippen molar-refractivity contribution in [3.8, 4) is 0 Å². The standard InChI is InChI=1S/C10H15NO2S/c11-9(10(12)13)7-14-6-8-4-2-1-3-5-8/h2,4-5,9H,1,3,6-7,11H2,(H,12,13). The van der Waals surface area contributed by atoms with Gasteiger partial charge in [-0.05, 0) is 18.4 Å². The Kier molecular flexibility index (Phi) is 4.76. The smallest absolute Gasteiger partial charge is 0.321 e. The van der Waals surface area contributed by atoms with Gasteiger partial charge >= 0.3 is 5.97 Å². The molecule has 0 aromatic heterocycles. The number of hydrogen-bond acceptors (Lipinski definition) is 3. The second-order valence-electron chi connectivity index (χ2n) is 3.22. The van der Waals surface area contributed by atoms with Crippen LogP contribution in [-0.4, -0.2) is 28.6 Å². The van der Waals surface area contributed by atoms with Crippen molar-refractivity contribution in [3.63, 3.8) is 0 Å². The summed E-state index contributed by atoms with van der Waals surface area (Å²) in [5.41, 5.74) is 6.65. The van der Waals surface area contributed by atoms with Gasteiger partial charge in [0.05, 0.1) is 0 Å². The van der Waals surface area contributed by atoms with Crippen LogP contribution in [0.4, 0.5) is 0 Å². The van der Waals surface area contributed by atoms with Crippen LogP contribution < -0.4 is 5.73 Å². The average Bonchev–Trinajstić information content (AvgIpc) is 2.19. The molecule has 0 saturated heterocycles. The normalized spacial score (nSPS) is 17.6. The Hall–Kier alpha value is -0.740. The van der Waals surface area contributed by atoms with Crippen molar-refractivity contribution in [3.05, 3.63) is 23.8 Å². The maximum atomic E-state index is 10.4. The first-order valence-electron chi connectivity index (χ1n) is 4.62. The van der Waals surface area contributed by atoms with E-state index in [4.69, 9.17) is 10.8 Å². The van der Waals surface area contributed by atoms with Gasteiger partial charge in [-0.3, -0.25) is 4.79 Å². The van der Waals surface area contributed by atoms with E-state index in [0.717, 1.165) is 18.6 Å². The largest absolute Gasteiger partial charge is 0.480 e. The number of allylic oxidation sites excluding steroid dienone is 3. The van der Waals surface area contributed by atoms with Crippen molar-refractivity contribution in [1.82, 2.24) is 0 Å². The molecule has 1 unspecified atom stereocenters. The Morgan fingerprint density at radius 3 is 3.00 bits per heavy atom. The first kappa shape index (κ1) is 11.3. The Labute approximate surface area is 88.1 Å². The molecule has 1 aliphatic rings. The number of nitrogens with two attached hydrogens (primary N) is 1. The Morgan fingerprint density at radius 1 is 1.64 bits per heavy atom. The predicted octanol–water partition coefficient (Wildman–Crippen LogP) is 1.41.